The molecule has 2 atom stereocenters. The maximum Gasteiger partial charge on any atom is 0.166 e. The van der Waals surface area contributed by atoms with Crippen molar-refractivity contribution in [2.45, 2.75) is 12.2 Å². The molecule has 6 heteroatoms. The summed E-state index contributed by atoms with van der Waals surface area (Å²) < 4.78 is 21.1. The summed E-state index contributed by atoms with van der Waals surface area (Å²) in [4.78, 5) is 0. The highest BCUT2D eigenvalue weighted by molar-refractivity contribution is 5.51. The molecule has 0 spiro atoms. The number of aliphatic hydroxyl groups is 2. The van der Waals surface area contributed by atoms with Gasteiger partial charge in [-0.15, -0.1) is 0 Å². The van der Waals surface area contributed by atoms with Crippen molar-refractivity contribution in [3.05, 3.63) is 47.5 Å². The van der Waals surface area contributed by atoms with E-state index in [2.05, 4.69) is 0 Å². The van der Waals surface area contributed by atoms with Gasteiger partial charge in [-0.2, -0.15) is 0 Å². The van der Waals surface area contributed by atoms with Crippen molar-refractivity contribution in [2.24, 2.45) is 0 Å². The molecule has 0 aliphatic heterocycles. The van der Waals surface area contributed by atoms with Gasteiger partial charge >= 0.3 is 0 Å². The maximum absolute atomic E-state index is 10.7. The maximum atomic E-state index is 10.7. The Kier molecular flexibility index (Phi) is 5.89. The first kappa shape index (κ1) is 17.9. The molecule has 0 fully saturated rings. The summed E-state index contributed by atoms with van der Waals surface area (Å²) in [5, 5.41) is 21.4. The summed E-state index contributed by atoms with van der Waals surface area (Å²) in [7, 11) is 5.98. The lowest BCUT2D eigenvalue weighted by molar-refractivity contribution is 0.0141. The van der Waals surface area contributed by atoms with Gasteiger partial charge in [0.05, 0.1) is 28.4 Å². The average molecular weight is 334 g/mol. The minimum absolute atomic E-state index is 0.369. The lowest BCUT2D eigenvalue weighted by Gasteiger charge is -2.23. The van der Waals surface area contributed by atoms with Crippen LogP contribution < -0.4 is 18.9 Å². The Morgan fingerprint density at radius 3 is 1.29 bits per heavy atom. The molecule has 0 aliphatic carbocycles. The van der Waals surface area contributed by atoms with Gasteiger partial charge in [-0.05, 0) is 12.1 Å². The fourth-order valence-electron chi connectivity index (χ4n) is 2.63. The monoisotopic (exact) mass is 334 g/mol. The molecule has 0 saturated heterocycles. The van der Waals surface area contributed by atoms with Crippen molar-refractivity contribution in [3.63, 3.8) is 0 Å². The van der Waals surface area contributed by atoms with E-state index in [1.807, 2.05) is 0 Å². The number of para-hydroxylation sites is 2. The average Bonchev–Trinajstić information content (AvgIpc) is 2.64. The first-order valence-corrected chi connectivity index (χ1v) is 7.36. The van der Waals surface area contributed by atoms with Gasteiger partial charge in [0.1, 0.15) is 12.2 Å². The van der Waals surface area contributed by atoms with Gasteiger partial charge in [-0.1, -0.05) is 24.3 Å². The number of methoxy groups -OCH3 is 4. The lowest BCUT2D eigenvalue weighted by Crippen LogP contribution is -2.13. The van der Waals surface area contributed by atoms with Crippen LogP contribution in [-0.2, 0) is 0 Å². The van der Waals surface area contributed by atoms with Gasteiger partial charge in [0.25, 0.3) is 0 Å². The van der Waals surface area contributed by atoms with Crippen LogP contribution in [0.15, 0.2) is 36.4 Å². The van der Waals surface area contributed by atoms with Crippen LogP contribution in [-0.4, -0.2) is 38.7 Å². The highest BCUT2D eigenvalue weighted by atomic mass is 16.5. The summed E-state index contributed by atoms with van der Waals surface area (Å²) in [5.74, 6) is 1.68. The molecule has 0 aromatic heterocycles. The van der Waals surface area contributed by atoms with E-state index in [-0.39, 0.29) is 0 Å². The topological polar surface area (TPSA) is 77.4 Å². The van der Waals surface area contributed by atoms with E-state index >= 15 is 0 Å². The molecule has 2 unspecified atom stereocenters. The predicted molar refractivity (Wildman–Crippen MR) is 89.0 cm³/mol. The SMILES string of the molecule is COc1cccc(C(O)C(O)c2cccc(OC)c2OC)c1OC. The van der Waals surface area contributed by atoms with Crippen molar-refractivity contribution in [3.8, 4) is 23.0 Å². The third-order valence-corrected chi connectivity index (χ3v) is 3.80. The molecule has 2 N–H and O–H groups in total. The lowest BCUT2D eigenvalue weighted by atomic mass is 9.96. The standard InChI is InChI=1S/C18H22O6/c1-21-13-9-5-7-11(17(13)23-3)15(19)16(20)12-8-6-10-14(22-2)18(12)24-4/h5-10,15-16,19-20H,1-4H3. The molecule has 2 aromatic carbocycles. The zero-order chi connectivity index (χ0) is 17.7. The molecule has 2 rings (SSSR count). The summed E-state index contributed by atoms with van der Waals surface area (Å²) in [5.41, 5.74) is 0.823. The molecule has 0 saturated carbocycles. The summed E-state index contributed by atoms with van der Waals surface area (Å²) >= 11 is 0. The van der Waals surface area contributed by atoms with Crippen molar-refractivity contribution < 1.29 is 29.2 Å². The number of benzene rings is 2. The Balaban J connectivity index is 2.46. The van der Waals surface area contributed by atoms with Crippen LogP contribution in [0.25, 0.3) is 0 Å². The Morgan fingerprint density at radius 2 is 1.00 bits per heavy atom. The van der Waals surface area contributed by atoms with Gasteiger partial charge in [-0.25, -0.2) is 0 Å². The number of ether oxygens (including phenoxy) is 4. The van der Waals surface area contributed by atoms with E-state index in [9.17, 15) is 10.2 Å². The molecule has 0 radical (unpaired) electrons. The van der Waals surface area contributed by atoms with Crippen LogP contribution in [0, 0.1) is 0 Å². The molecule has 0 aliphatic rings. The molecule has 0 heterocycles. The third kappa shape index (κ3) is 3.25. The Bertz CT molecular complexity index is 626. The van der Waals surface area contributed by atoms with Crippen molar-refractivity contribution in [2.75, 3.05) is 28.4 Å². The molecule has 2 aromatic rings. The van der Waals surface area contributed by atoms with Crippen LogP contribution in [0.5, 0.6) is 23.0 Å². The zero-order valence-corrected chi connectivity index (χ0v) is 14.1. The van der Waals surface area contributed by atoms with E-state index in [1.165, 1.54) is 28.4 Å². The van der Waals surface area contributed by atoms with E-state index in [4.69, 9.17) is 18.9 Å². The highest BCUT2D eigenvalue weighted by Gasteiger charge is 2.28. The second-order valence-corrected chi connectivity index (χ2v) is 5.06. The minimum atomic E-state index is -1.24. The molecular weight excluding hydrogens is 312 g/mol. The van der Waals surface area contributed by atoms with Crippen LogP contribution in [0.4, 0.5) is 0 Å². The van der Waals surface area contributed by atoms with E-state index in [1.54, 1.807) is 36.4 Å². The normalized spacial score (nSPS) is 13.1. The fraction of sp³-hybridized carbons (Fsp3) is 0.333. The molecular formula is C18H22O6. The number of hydrogen-bond acceptors (Lipinski definition) is 6. The third-order valence-electron chi connectivity index (χ3n) is 3.80. The van der Waals surface area contributed by atoms with Gasteiger partial charge < -0.3 is 29.2 Å². The summed E-state index contributed by atoms with van der Waals surface area (Å²) in [6.07, 6.45) is -2.48. The number of rotatable bonds is 7. The number of aliphatic hydroxyl groups excluding tert-OH is 2. The summed E-state index contributed by atoms with van der Waals surface area (Å²) in [6.45, 7) is 0. The first-order valence-electron chi connectivity index (χ1n) is 7.36. The van der Waals surface area contributed by atoms with Crippen molar-refractivity contribution >= 4 is 0 Å². The van der Waals surface area contributed by atoms with Crippen molar-refractivity contribution in [1.29, 1.82) is 0 Å². The van der Waals surface area contributed by atoms with E-state index in [0.29, 0.717) is 34.1 Å². The molecule has 0 amide bonds. The summed E-state index contributed by atoms with van der Waals surface area (Å²) in [6, 6.07) is 10.2. The van der Waals surface area contributed by atoms with Gasteiger partial charge in [0, 0.05) is 11.1 Å². The largest absolute Gasteiger partial charge is 0.493 e. The van der Waals surface area contributed by atoms with Crippen LogP contribution in [0.2, 0.25) is 0 Å². The molecule has 6 nitrogen and oxygen atoms in total. The highest BCUT2D eigenvalue weighted by Crippen LogP contribution is 2.43. The zero-order valence-electron chi connectivity index (χ0n) is 14.1. The Morgan fingerprint density at radius 1 is 0.625 bits per heavy atom. The second kappa shape index (κ2) is 7.90. The van der Waals surface area contributed by atoms with E-state index < -0.39 is 12.2 Å². The first-order chi connectivity index (χ1) is 11.6. The van der Waals surface area contributed by atoms with Crippen LogP contribution in [0.3, 0.4) is 0 Å². The number of hydrogen-bond donors (Lipinski definition) is 2. The molecule has 130 valence electrons. The molecule has 0 bridgehead atoms. The second-order valence-electron chi connectivity index (χ2n) is 5.06. The predicted octanol–water partition coefficient (Wildman–Crippen LogP) is 2.49. The Hall–Kier alpha value is -2.44. The van der Waals surface area contributed by atoms with Crippen molar-refractivity contribution in [1.82, 2.24) is 0 Å². The quantitative estimate of drug-likeness (QED) is 0.810. The van der Waals surface area contributed by atoms with Gasteiger partial charge in [0.2, 0.25) is 0 Å². The van der Waals surface area contributed by atoms with Gasteiger partial charge in [-0.3, -0.25) is 0 Å². The minimum Gasteiger partial charge on any atom is -0.493 e. The van der Waals surface area contributed by atoms with Gasteiger partial charge in [0.15, 0.2) is 23.0 Å². The smallest absolute Gasteiger partial charge is 0.166 e. The fourth-order valence-corrected chi connectivity index (χ4v) is 2.63. The van der Waals surface area contributed by atoms with Crippen LogP contribution >= 0.6 is 0 Å². The Labute approximate surface area is 141 Å². The molecule has 24 heavy (non-hydrogen) atoms. The van der Waals surface area contributed by atoms with Crippen LogP contribution in [0.1, 0.15) is 23.3 Å². The van der Waals surface area contributed by atoms with E-state index in [0.717, 1.165) is 0 Å².